The number of allylic oxidation sites excluding steroid dienone is 1. The van der Waals surface area contributed by atoms with Crippen LogP contribution in [0, 0.1) is 5.82 Å². The molecule has 30 heavy (non-hydrogen) atoms. The minimum atomic E-state index is -4.12. The fourth-order valence-corrected chi connectivity index (χ4v) is 4.43. The molecule has 4 aromatic rings. The van der Waals surface area contributed by atoms with Crippen molar-refractivity contribution in [3.63, 3.8) is 0 Å². The number of ketones is 1. The normalized spacial score (nSPS) is 12.4. The number of nitrogens with one attached hydrogen (secondary N) is 1. The van der Waals surface area contributed by atoms with Crippen LogP contribution >= 0.6 is 11.6 Å². The Hall–Kier alpha value is -3.50. The summed E-state index contributed by atoms with van der Waals surface area (Å²) >= 11 is 6.05. The predicted molar refractivity (Wildman–Crippen MR) is 107 cm³/mol. The van der Waals surface area contributed by atoms with Gasteiger partial charge in [-0.1, -0.05) is 11.6 Å². The number of rotatable bonds is 5. The van der Waals surface area contributed by atoms with E-state index in [1.807, 2.05) is 0 Å². The molecule has 0 fully saturated rings. The topological polar surface area (TPSA) is 118 Å². The number of aliphatic hydroxyl groups excluding tert-OH is 1. The highest BCUT2D eigenvalue weighted by molar-refractivity contribution is 7.90. The highest BCUT2D eigenvalue weighted by atomic mass is 35.5. The molecule has 2 aromatic carbocycles. The first-order valence-electron chi connectivity index (χ1n) is 8.40. The van der Waals surface area contributed by atoms with Gasteiger partial charge in [0.2, 0.25) is 5.78 Å². The van der Waals surface area contributed by atoms with Gasteiger partial charge in [-0.05, 0) is 42.5 Å². The van der Waals surface area contributed by atoms with Gasteiger partial charge in [0.05, 0.1) is 10.4 Å². The number of H-pyrrole nitrogens is 1. The van der Waals surface area contributed by atoms with Crippen molar-refractivity contribution in [2.75, 3.05) is 0 Å². The van der Waals surface area contributed by atoms with Crippen LogP contribution in [-0.4, -0.2) is 38.5 Å². The predicted octanol–water partition coefficient (Wildman–Crippen LogP) is 3.57. The van der Waals surface area contributed by atoms with E-state index in [0.29, 0.717) is 10.4 Å². The monoisotopic (exact) mass is 446 g/mol. The van der Waals surface area contributed by atoms with Crippen molar-refractivity contribution >= 4 is 44.1 Å². The number of nitrogens with zero attached hydrogens (tertiary/aromatic N) is 3. The zero-order chi connectivity index (χ0) is 21.5. The Morgan fingerprint density at radius 2 is 1.93 bits per heavy atom. The molecule has 0 saturated heterocycles. The largest absolute Gasteiger partial charge is 0.507 e. The van der Waals surface area contributed by atoms with E-state index in [1.54, 1.807) is 0 Å². The van der Waals surface area contributed by atoms with Crippen LogP contribution in [0.4, 0.5) is 4.39 Å². The summed E-state index contributed by atoms with van der Waals surface area (Å²) in [4.78, 5) is 15.7. The summed E-state index contributed by atoms with van der Waals surface area (Å²) in [6.07, 6.45) is 3.20. The second kappa shape index (κ2) is 7.39. The lowest BCUT2D eigenvalue weighted by Crippen LogP contribution is -2.11. The summed E-state index contributed by atoms with van der Waals surface area (Å²) < 4.78 is 40.4. The number of aliphatic hydroxyl groups is 1. The fraction of sp³-hybridized carbons (Fsp3) is 0. The first-order chi connectivity index (χ1) is 14.3. The van der Waals surface area contributed by atoms with Crippen molar-refractivity contribution in [1.29, 1.82) is 0 Å². The summed E-state index contributed by atoms with van der Waals surface area (Å²) in [6.45, 7) is 0. The Labute approximate surface area is 174 Å². The van der Waals surface area contributed by atoms with E-state index < -0.39 is 27.4 Å². The van der Waals surface area contributed by atoms with Gasteiger partial charge < -0.3 is 5.11 Å². The maximum absolute atomic E-state index is 13.2. The third-order valence-electron chi connectivity index (χ3n) is 4.30. The van der Waals surface area contributed by atoms with Crippen LogP contribution in [0.1, 0.15) is 16.2 Å². The smallest absolute Gasteiger partial charge is 0.268 e. The molecular formula is C19H12ClFN4O4S. The summed E-state index contributed by atoms with van der Waals surface area (Å²) in [7, 11) is -4.12. The number of aromatic nitrogens is 4. The Bertz CT molecular complexity index is 1390. The van der Waals surface area contributed by atoms with Gasteiger partial charge in [0.25, 0.3) is 10.0 Å². The molecule has 2 N–H and O–H groups in total. The Morgan fingerprint density at radius 3 is 2.60 bits per heavy atom. The lowest BCUT2D eigenvalue weighted by molar-refractivity contribution is 0.103. The molecule has 0 aliphatic rings. The van der Waals surface area contributed by atoms with Crippen molar-refractivity contribution in [3.8, 4) is 0 Å². The Balaban J connectivity index is 1.89. The molecule has 0 aliphatic heterocycles. The van der Waals surface area contributed by atoms with Crippen LogP contribution in [-0.2, 0) is 10.0 Å². The van der Waals surface area contributed by atoms with Crippen LogP contribution in [0.3, 0.4) is 0 Å². The van der Waals surface area contributed by atoms with Crippen LogP contribution < -0.4 is 0 Å². The highest BCUT2D eigenvalue weighted by Crippen LogP contribution is 2.31. The molecule has 8 nitrogen and oxygen atoms in total. The third kappa shape index (κ3) is 3.46. The molecule has 0 bridgehead atoms. The standard InChI is InChI=1S/C19H12ClFN4O4S/c20-11-1-6-16-14(7-11)15(17(26)8-18(27)19-22-10-23-24-19)9-25(16)30(28,29)13-4-2-12(21)3-5-13/h1-10,26H,(H,22,23,24)/b17-8-. The molecule has 4 rings (SSSR count). The molecule has 0 spiro atoms. The van der Waals surface area contributed by atoms with Crippen LogP contribution in [0.15, 0.2) is 66.0 Å². The average Bonchev–Trinajstić information content (AvgIpc) is 3.36. The lowest BCUT2D eigenvalue weighted by Gasteiger charge is -2.07. The Morgan fingerprint density at radius 1 is 1.20 bits per heavy atom. The summed E-state index contributed by atoms with van der Waals surface area (Å²) in [5, 5.41) is 17.1. The molecule has 0 radical (unpaired) electrons. The maximum atomic E-state index is 13.2. The first-order valence-corrected chi connectivity index (χ1v) is 10.2. The number of hydrogen-bond donors (Lipinski definition) is 2. The second-order valence-corrected chi connectivity index (χ2v) is 8.44. The highest BCUT2D eigenvalue weighted by Gasteiger charge is 2.23. The molecule has 152 valence electrons. The fourth-order valence-electron chi connectivity index (χ4n) is 2.89. The van der Waals surface area contributed by atoms with Crippen LogP contribution in [0.25, 0.3) is 16.7 Å². The zero-order valence-electron chi connectivity index (χ0n) is 15.0. The van der Waals surface area contributed by atoms with Crippen molar-refractivity contribution in [2.24, 2.45) is 0 Å². The van der Waals surface area contributed by atoms with Crippen molar-refractivity contribution in [3.05, 3.63) is 83.3 Å². The SMILES string of the molecule is O=C(/C=C(\O)c1cn(S(=O)(=O)c2ccc(F)cc2)c2ccc(Cl)cc12)c1ncn[nH]1. The number of hydrogen-bond acceptors (Lipinski definition) is 6. The maximum Gasteiger partial charge on any atom is 0.268 e. The molecule has 0 unspecified atom stereocenters. The van der Waals surface area contributed by atoms with Gasteiger partial charge in [0.1, 0.15) is 17.9 Å². The van der Waals surface area contributed by atoms with Gasteiger partial charge in [-0.25, -0.2) is 21.8 Å². The van der Waals surface area contributed by atoms with E-state index in [9.17, 15) is 22.7 Å². The van der Waals surface area contributed by atoms with E-state index in [-0.39, 0.29) is 21.8 Å². The Kier molecular flexibility index (Phi) is 4.88. The molecule has 2 heterocycles. The molecule has 0 saturated carbocycles. The molecular weight excluding hydrogens is 435 g/mol. The van der Waals surface area contributed by atoms with Gasteiger partial charge in [-0.3, -0.25) is 9.89 Å². The first kappa shape index (κ1) is 19.8. The number of halogens is 2. The van der Waals surface area contributed by atoms with E-state index >= 15 is 0 Å². The summed E-state index contributed by atoms with van der Waals surface area (Å²) in [5.41, 5.74) is 0.275. The van der Waals surface area contributed by atoms with E-state index in [0.717, 1.165) is 40.6 Å². The van der Waals surface area contributed by atoms with Gasteiger partial charge in [-0.15, -0.1) is 0 Å². The van der Waals surface area contributed by atoms with Gasteiger partial charge >= 0.3 is 0 Å². The molecule has 2 aromatic heterocycles. The molecule has 11 heteroatoms. The number of fused-ring (bicyclic) bond motifs is 1. The third-order valence-corrected chi connectivity index (χ3v) is 6.22. The van der Waals surface area contributed by atoms with E-state index in [1.165, 1.54) is 24.4 Å². The van der Waals surface area contributed by atoms with Crippen LogP contribution in [0.2, 0.25) is 5.02 Å². The van der Waals surface area contributed by atoms with Crippen LogP contribution in [0.5, 0.6) is 0 Å². The minimum Gasteiger partial charge on any atom is -0.507 e. The minimum absolute atomic E-state index is 0.0612. The molecule has 0 aliphatic carbocycles. The number of aromatic amines is 1. The quantitative estimate of drug-likeness (QED) is 0.275. The number of carbonyl (C=O) groups excluding carboxylic acids is 1. The molecule has 0 atom stereocenters. The average molecular weight is 447 g/mol. The summed E-state index contributed by atoms with van der Waals surface area (Å²) in [6, 6.07) is 8.75. The second-order valence-electron chi connectivity index (χ2n) is 6.19. The number of carbonyl (C=O) groups is 1. The van der Waals surface area contributed by atoms with E-state index in [4.69, 9.17) is 11.6 Å². The van der Waals surface area contributed by atoms with Crippen molar-refractivity contribution in [1.82, 2.24) is 19.2 Å². The molecule has 0 amide bonds. The van der Waals surface area contributed by atoms with Gasteiger partial charge in [-0.2, -0.15) is 5.10 Å². The van der Waals surface area contributed by atoms with Crippen molar-refractivity contribution in [2.45, 2.75) is 4.90 Å². The van der Waals surface area contributed by atoms with Crippen molar-refractivity contribution < 1.29 is 22.7 Å². The lowest BCUT2D eigenvalue weighted by atomic mass is 10.1. The number of benzene rings is 2. The van der Waals surface area contributed by atoms with E-state index in [2.05, 4.69) is 15.2 Å². The van der Waals surface area contributed by atoms with Gasteiger partial charge in [0, 0.05) is 28.2 Å². The zero-order valence-corrected chi connectivity index (χ0v) is 16.5. The summed E-state index contributed by atoms with van der Waals surface area (Å²) in [5.74, 6) is -1.82. The van der Waals surface area contributed by atoms with Gasteiger partial charge in [0.15, 0.2) is 5.82 Å².